The predicted octanol–water partition coefficient (Wildman–Crippen LogP) is 6.83. The Hall–Kier alpha value is -1.02. The smallest absolute Gasteiger partial charge is 0.119 e. The molecule has 1 aromatic carbocycles. The van der Waals surface area contributed by atoms with Crippen LogP contribution in [0.15, 0.2) is 24.3 Å². The summed E-state index contributed by atoms with van der Waals surface area (Å²) in [6, 6.07) is 9.15. The standard InChI is InChI=1S/C25H45NO/c1-10-22(26-16-20(4)15-19(2)3)17-27-23-13-11-21(12-14-23)25(8,9)18-24(5,6)7/h11-14,19-20,22,26H,10,15-18H2,1-9H3. The summed E-state index contributed by atoms with van der Waals surface area (Å²) < 4.78 is 6.08. The first-order valence-corrected chi connectivity index (χ1v) is 10.9. The van der Waals surface area contributed by atoms with Crippen molar-refractivity contribution in [1.29, 1.82) is 0 Å². The lowest BCUT2D eigenvalue weighted by molar-refractivity contribution is 0.251. The Morgan fingerprint density at radius 2 is 1.56 bits per heavy atom. The predicted molar refractivity (Wildman–Crippen MR) is 120 cm³/mol. The van der Waals surface area contributed by atoms with Crippen LogP contribution < -0.4 is 10.1 Å². The van der Waals surface area contributed by atoms with Crippen molar-refractivity contribution in [3.05, 3.63) is 29.8 Å². The number of hydrogen-bond donors (Lipinski definition) is 1. The Kier molecular flexibility index (Phi) is 9.34. The van der Waals surface area contributed by atoms with Crippen LogP contribution in [0.5, 0.6) is 5.75 Å². The van der Waals surface area contributed by atoms with Gasteiger partial charge >= 0.3 is 0 Å². The zero-order valence-electron chi connectivity index (χ0n) is 19.5. The maximum absolute atomic E-state index is 6.08. The minimum atomic E-state index is 0.177. The maximum atomic E-state index is 6.08. The van der Waals surface area contributed by atoms with Crippen LogP contribution in [0, 0.1) is 17.3 Å². The van der Waals surface area contributed by atoms with Crippen molar-refractivity contribution in [2.24, 2.45) is 17.3 Å². The van der Waals surface area contributed by atoms with E-state index in [-0.39, 0.29) is 5.41 Å². The Labute approximate surface area is 169 Å². The fraction of sp³-hybridized carbons (Fsp3) is 0.760. The van der Waals surface area contributed by atoms with Crippen LogP contribution in [0.4, 0.5) is 0 Å². The average Bonchev–Trinajstić information content (AvgIpc) is 2.52. The van der Waals surface area contributed by atoms with Crippen molar-refractivity contribution >= 4 is 0 Å². The Morgan fingerprint density at radius 3 is 2.04 bits per heavy atom. The van der Waals surface area contributed by atoms with Gasteiger partial charge in [-0.2, -0.15) is 0 Å². The topological polar surface area (TPSA) is 21.3 Å². The molecule has 1 N–H and O–H groups in total. The van der Waals surface area contributed by atoms with Crippen molar-refractivity contribution in [1.82, 2.24) is 5.32 Å². The molecule has 1 aromatic rings. The molecule has 0 aliphatic carbocycles. The molecule has 2 atom stereocenters. The lowest BCUT2D eigenvalue weighted by atomic mass is 9.72. The third-order valence-corrected chi connectivity index (χ3v) is 5.18. The molecule has 2 unspecified atom stereocenters. The van der Waals surface area contributed by atoms with Crippen LogP contribution in [0.2, 0.25) is 0 Å². The molecule has 0 radical (unpaired) electrons. The maximum Gasteiger partial charge on any atom is 0.119 e. The van der Waals surface area contributed by atoms with Crippen LogP contribution in [0.25, 0.3) is 0 Å². The van der Waals surface area contributed by atoms with E-state index >= 15 is 0 Å². The summed E-state index contributed by atoms with van der Waals surface area (Å²) >= 11 is 0. The molecule has 156 valence electrons. The van der Waals surface area contributed by atoms with E-state index in [2.05, 4.69) is 91.9 Å². The molecule has 0 bridgehead atoms. The van der Waals surface area contributed by atoms with Gasteiger partial charge in [0.25, 0.3) is 0 Å². The van der Waals surface area contributed by atoms with Crippen LogP contribution in [-0.4, -0.2) is 19.2 Å². The highest BCUT2D eigenvalue weighted by atomic mass is 16.5. The van der Waals surface area contributed by atoms with Crippen molar-refractivity contribution in [2.75, 3.05) is 13.2 Å². The molecule has 2 heteroatoms. The zero-order chi connectivity index (χ0) is 20.7. The van der Waals surface area contributed by atoms with Gasteiger partial charge in [0.1, 0.15) is 12.4 Å². The Balaban J connectivity index is 2.54. The van der Waals surface area contributed by atoms with Gasteiger partial charge in [-0.05, 0) is 66.2 Å². The normalized spacial score (nSPS) is 15.0. The minimum absolute atomic E-state index is 0.177. The molecule has 0 aromatic heterocycles. The van der Waals surface area contributed by atoms with Crippen LogP contribution >= 0.6 is 0 Å². The quantitative estimate of drug-likeness (QED) is 0.457. The van der Waals surface area contributed by atoms with Gasteiger partial charge in [0, 0.05) is 6.04 Å². The molecule has 1 rings (SSSR count). The highest BCUT2D eigenvalue weighted by Crippen LogP contribution is 2.36. The summed E-state index contributed by atoms with van der Waals surface area (Å²) in [6.07, 6.45) is 3.53. The van der Waals surface area contributed by atoms with Gasteiger partial charge in [-0.3, -0.25) is 0 Å². The summed E-state index contributed by atoms with van der Waals surface area (Å²) in [5.41, 5.74) is 1.89. The third-order valence-electron chi connectivity index (χ3n) is 5.18. The van der Waals surface area contributed by atoms with Crippen molar-refractivity contribution in [2.45, 2.75) is 93.0 Å². The van der Waals surface area contributed by atoms with Gasteiger partial charge < -0.3 is 10.1 Å². The van der Waals surface area contributed by atoms with Gasteiger partial charge in [-0.15, -0.1) is 0 Å². The minimum Gasteiger partial charge on any atom is -0.492 e. The first kappa shape index (κ1) is 24.0. The Morgan fingerprint density at radius 1 is 0.963 bits per heavy atom. The van der Waals surface area contributed by atoms with Crippen LogP contribution in [0.1, 0.15) is 87.1 Å². The molecule has 0 spiro atoms. The summed E-state index contributed by atoms with van der Waals surface area (Å²) in [5, 5.41) is 3.68. The molecule has 27 heavy (non-hydrogen) atoms. The van der Waals surface area contributed by atoms with E-state index in [1.165, 1.54) is 12.0 Å². The van der Waals surface area contributed by atoms with E-state index in [0.717, 1.165) is 37.7 Å². The van der Waals surface area contributed by atoms with Crippen molar-refractivity contribution in [3.8, 4) is 5.75 Å². The van der Waals surface area contributed by atoms with Gasteiger partial charge in [0.2, 0.25) is 0 Å². The highest BCUT2D eigenvalue weighted by molar-refractivity contribution is 5.31. The molecule has 0 aliphatic rings. The summed E-state index contributed by atoms with van der Waals surface area (Å²) in [5.74, 6) is 2.45. The highest BCUT2D eigenvalue weighted by Gasteiger charge is 2.27. The zero-order valence-corrected chi connectivity index (χ0v) is 19.5. The number of benzene rings is 1. The second kappa shape index (κ2) is 10.5. The van der Waals surface area contributed by atoms with Crippen LogP contribution in [-0.2, 0) is 5.41 Å². The van der Waals surface area contributed by atoms with E-state index in [4.69, 9.17) is 4.74 Å². The van der Waals surface area contributed by atoms with Crippen molar-refractivity contribution in [3.63, 3.8) is 0 Å². The van der Waals surface area contributed by atoms with Gasteiger partial charge in [0.05, 0.1) is 0 Å². The first-order chi connectivity index (χ1) is 12.4. The molecule has 2 nitrogen and oxygen atoms in total. The third kappa shape index (κ3) is 9.65. The first-order valence-electron chi connectivity index (χ1n) is 10.9. The summed E-state index contributed by atoms with van der Waals surface area (Å²) in [6.45, 7) is 22.6. The lowest BCUT2D eigenvalue weighted by Crippen LogP contribution is -2.37. The molecular weight excluding hydrogens is 330 g/mol. The molecular formula is C25H45NO. The molecule has 0 fully saturated rings. The number of rotatable bonds is 11. The van der Waals surface area contributed by atoms with E-state index < -0.39 is 0 Å². The SMILES string of the molecule is CCC(COc1ccc(C(C)(C)CC(C)(C)C)cc1)NCC(C)CC(C)C. The molecule has 0 heterocycles. The summed E-state index contributed by atoms with van der Waals surface area (Å²) in [4.78, 5) is 0. The van der Waals surface area contributed by atoms with Gasteiger partial charge in [-0.1, -0.05) is 74.4 Å². The van der Waals surface area contributed by atoms with E-state index in [0.29, 0.717) is 17.4 Å². The van der Waals surface area contributed by atoms with Gasteiger partial charge in [0.15, 0.2) is 0 Å². The van der Waals surface area contributed by atoms with Gasteiger partial charge in [-0.25, -0.2) is 0 Å². The number of ether oxygens (including phenoxy) is 1. The largest absolute Gasteiger partial charge is 0.492 e. The Bertz CT molecular complexity index is 524. The average molecular weight is 376 g/mol. The van der Waals surface area contributed by atoms with E-state index in [9.17, 15) is 0 Å². The molecule has 0 saturated carbocycles. The van der Waals surface area contributed by atoms with Crippen LogP contribution in [0.3, 0.4) is 0 Å². The van der Waals surface area contributed by atoms with E-state index in [1.807, 2.05) is 0 Å². The molecule has 0 amide bonds. The molecule has 0 saturated heterocycles. The lowest BCUT2D eigenvalue weighted by Gasteiger charge is -2.33. The fourth-order valence-electron chi connectivity index (χ4n) is 4.20. The molecule has 0 aliphatic heterocycles. The fourth-order valence-corrected chi connectivity index (χ4v) is 4.20. The number of nitrogens with one attached hydrogen (secondary N) is 1. The second-order valence-electron chi connectivity index (χ2n) is 10.7. The number of hydrogen-bond acceptors (Lipinski definition) is 2. The van der Waals surface area contributed by atoms with E-state index in [1.54, 1.807) is 0 Å². The second-order valence-corrected chi connectivity index (χ2v) is 10.7. The monoisotopic (exact) mass is 375 g/mol. The summed E-state index contributed by atoms with van der Waals surface area (Å²) in [7, 11) is 0. The van der Waals surface area contributed by atoms with Crippen molar-refractivity contribution < 1.29 is 4.74 Å².